The topological polar surface area (TPSA) is 80.1 Å². The Labute approximate surface area is 152 Å². The molecule has 2 aliphatic heterocycles. The van der Waals surface area contributed by atoms with E-state index >= 15 is 0 Å². The summed E-state index contributed by atoms with van der Waals surface area (Å²) in [6.07, 6.45) is 5.58. The predicted molar refractivity (Wildman–Crippen MR) is 96.5 cm³/mol. The maximum Gasteiger partial charge on any atom is 0.240 e. The lowest BCUT2D eigenvalue weighted by Gasteiger charge is -2.28. The molecule has 0 saturated carbocycles. The van der Waals surface area contributed by atoms with Crippen LogP contribution in [-0.4, -0.2) is 33.1 Å². The number of nitrogens with zero attached hydrogens (tertiary/aromatic N) is 4. The van der Waals surface area contributed by atoms with E-state index in [1.54, 1.807) is 4.90 Å². The first-order valence-electron chi connectivity index (χ1n) is 9.28. The van der Waals surface area contributed by atoms with Gasteiger partial charge in [-0.25, -0.2) is 0 Å². The number of fused-ring (bicyclic) bond motifs is 2. The average molecular weight is 353 g/mol. The highest BCUT2D eigenvalue weighted by Crippen LogP contribution is 2.27. The minimum absolute atomic E-state index is 0.00445. The van der Waals surface area contributed by atoms with Gasteiger partial charge in [-0.05, 0) is 30.9 Å². The van der Waals surface area contributed by atoms with Crippen LogP contribution in [0, 0.1) is 0 Å². The van der Waals surface area contributed by atoms with Gasteiger partial charge in [-0.2, -0.15) is 0 Å². The molecule has 2 amide bonds. The lowest BCUT2D eigenvalue weighted by Crippen LogP contribution is -2.43. The highest BCUT2D eigenvalue weighted by molar-refractivity contribution is 6.00. The van der Waals surface area contributed by atoms with Crippen LogP contribution in [0.15, 0.2) is 24.3 Å². The van der Waals surface area contributed by atoms with Crippen molar-refractivity contribution in [2.75, 3.05) is 11.4 Å². The molecule has 0 aliphatic carbocycles. The van der Waals surface area contributed by atoms with E-state index in [0.717, 1.165) is 55.1 Å². The summed E-state index contributed by atoms with van der Waals surface area (Å²) < 4.78 is 2.12. The molecule has 1 aromatic carbocycles. The van der Waals surface area contributed by atoms with Gasteiger partial charge < -0.3 is 14.8 Å². The highest BCUT2D eigenvalue weighted by Gasteiger charge is 2.25. The monoisotopic (exact) mass is 353 g/mol. The second kappa shape index (κ2) is 7.27. The molecule has 0 unspecified atom stereocenters. The number of para-hydroxylation sites is 1. The molecule has 4 rings (SSSR count). The molecule has 2 aromatic rings. The van der Waals surface area contributed by atoms with Crippen LogP contribution in [0.1, 0.15) is 42.9 Å². The molecular formula is C19H23N5O2. The first-order valence-corrected chi connectivity index (χ1v) is 9.28. The minimum atomic E-state index is -0.180. The Hall–Kier alpha value is -2.70. The van der Waals surface area contributed by atoms with Gasteiger partial charge in [0, 0.05) is 25.1 Å². The number of aryl methyl sites for hydroxylation is 2. The summed E-state index contributed by atoms with van der Waals surface area (Å²) in [5.41, 5.74) is 1.96. The first kappa shape index (κ1) is 16.8. The zero-order valence-electron chi connectivity index (χ0n) is 14.8. The summed E-state index contributed by atoms with van der Waals surface area (Å²) in [4.78, 5) is 26.3. The third-order valence-corrected chi connectivity index (χ3v) is 5.12. The normalized spacial score (nSPS) is 16.6. The van der Waals surface area contributed by atoms with Gasteiger partial charge in [0.05, 0.1) is 6.54 Å². The Kier molecular flexibility index (Phi) is 4.69. The van der Waals surface area contributed by atoms with E-state index in [1.807, 2.05) is 24.3 Å². The van der Waals surface area contributed by atoms with Crippen molar-refractivity contribution in [1.82, 2.24) is 20.1 Å². The van der Waals surface area contributed by atoms with Crippen molar-refractivity contribution in [3.05, 3.63) is 41.5 Å². The molecule has 1 aromatic heterocycles. The molecule has 7 heteroatoms. The van der Waals surface area contributed by atoms with Crippen molar-refractivity contribution >= 4 is 17.5 Å². The van der Waals surface area contributed by atoms with E-state index in [2.05, 4.69) is 20.1 Å². The van der Waals surface area contributed by atoms with Gasteiger partial charge in [0.15, 0.2) is 5.82 Å². The Morgan fingerprint density at radius 3 is 2.88 bits per heavy atom. The summed E-state index contributed by atoms with van der Waals surface area (Å²) in [7, 11) is 0. The van der Waals surface area contributed by atoms with Crippen molar-refractivity contribution in [3.63, 3.8) is 0 Å². The molecule has 26 heavy (non-hydrogen) atoms. The first-order chi connectivity index (χ1) is 12.7. The largest absolute Gasteiger partial charge is 0.347 e. The molecule has 1 N–H and O–H groups in total. The standard InChI is InChI=1S/C19H23N5O2/c25-18(13-24-15-7-4-3-6-14(15)9-10-19(24)26)20-12-17-22-21-16-8-2-1-5-11-23(16)17/h3-4,6-7H,1-2,5,8-13H2,(H,20,25). The van der Waals surface area contributed by atoms with Crippen LogP contribution < -0.4 is 10.2 Å². The number of hydrogen-bond acceptors (Lipinski definition) is 4. The molecular weight excluding hydrogens is 330 g/mol. The Balaban J connectivity index is 1.41. The molecule has 0 spiro atoms. The van der Waals surface area contributed by atoms with Gasteiger partial charge in [0.2, 0.25) is 11.8 Å². The molecule has 0 atom stereocenters. The number of carbonyl (C=O) groups excluding carboxylic acids is 2. The van der Waals surface area contributed by atoms with Crippen molar-refractivity contribution < 1.29 is 9.59 Å². The van der Waals surface area contributed by atoms with E-state index in [4.69, 9.17) is 0 Å². The number of carbonyl (C=O) groups is 2. The zero-order valence-corrected chi connectivity index (χ0v) is 14.8. The van der Waals surface area contributed by atoms with Crippen LogP contribution in [0.25, 0.3) is 0 Å². The zero-order chi connectivity index (χ0) is 17.9. The quantitative estimate of drug-likeness (QED) is 0.905. The van der Waals surface area contributed by atoms with Gasteiger partial charge in [-0.3, -0.25) is 9.59 Å². The summed E-state index contributed by atoms with van der Waals surface area (Å²) in [5.74, 6) is 1.61. The lowest BCUT2D eigenvalue weighted by molar-refractivity contribution is -0.124. The van der Waals surface area contributed by atoms with Crippen LogP contribution >= 0.6 is 0 Å². The second-order valence-electron chi connectivity index (χ2n) is 6.88. The molecule has 2 aliphatic rings. The molecule has 0 bridgehead atoms. The van der Waals surface area contributed by atoms with Crippen LogP contribution in [0.4, 0.5) is 5.69 Å². The number of amides is 2. The molecule has 0 radical (unpaired) electrons. The summed E-state index contributed by atoms with van der Waals surface area (Å²) in [6.45, 7) is 1.29. The van der Waals surface area contributed by atoms with Gasteiger partial charge in [-0.1, -0.05) is 24.6 Å². The molecule has 3 heterocycles. The number of aromatic nitrogens is 3. The number of nitrogens with one attached hydrogen (secondary N) is 1. The van der Waals surface area contributed by atoms with E-state index in [9.17, 15) is 9.59 Å². The van der Waals surface area contributed by atoms with Crippen molar-refractivity contribution in [3.8, 4) is 0 Å². The van der Waals surface area contributed by atoms with Gasteiger partial charge >= 0.3 is 0 Å². The third-order valence-electron chi connectivity index (χ3n) is 5.12. The van der Waals surface area contributed by atoms with Crippen molar-refractivity contribution in [2.24, 2.45) is 0 Å². The molecule has 0 saturated heterocycles. The van der Waals surface area contributed by atoms with Crippen LogP contribution in [0.5, 0.6) is 0 Å². The SMILES string of the molecule is O=C(CN1C(=O)CCc2ccccc21)NCc1nnc2n1CCCCC2. The molecule has 136 valence electrons. The molecule has 7 nitrogen and oxygen atoms in total. The fourth-order valence-electron chi connectivity index (χ4n) is 3.72. The van der Waals surface area contributed by atoms with Gasteiger partial charge in [0.1, 0.15) is 12.4 Å². The predicted octanol–water partition coefficient (Wildman–Crippen LogP) is 1.60. The maximum absolute atomic E-state index is 12.4. The van der Waals surface area contributed by atoms with Crippen LogP contribution in [0.3, 0.4) is 0 Å². The number of rotatable bonds is 4. The van der Waals surface area contributed by atoms with E-state index in [0.29, 0.717) is 13.0 Å². The summed E-state index contributed by atoms with van der Waals surface area (Å²) >= 11 is 0. The Bertz CT molecular complexity index is 829. The summed E-state index contributed by atoms with van der Waals surface area (Å²) in [6, 6.07) is 7.77. The lowest BCUT2D eigenvalue weighted by atomic mass is 10.0. The number of benzene rings is 1. The van der Waals surface area contributed by atoms with Gasteiger partial charge in [-0.15, -0.1) is 10.2 Å². The smallest absolute Gasteiger partial charge is 0.240 e. The van der Waals surface area contributed by atoms with Gasteiger partial charge in [0.25, 0.3) is 0 Å². The highest BCUT2D eigenvalue weighted by atomic mass is 16.2. The van der Waals surface area contributed by atoms with E-state index in [1.165, 1.54) is 6.42 Å². The van der Waals surface area contributed by atoms with Crippen LogP contribution in [0.2, 0.25) is 0 Å². The Morgan fingerprint density at radius 1 is 1.08 bits per heavy atom. The molecule has 0 fully saturated rings. The third kappa shape index (κ3) is 3.34. The fraction of sp³-hybridized carbons (Fsp3) is 0.474. The average Bonchev–Trinajstić information content (AvgIpc) is 2.88. The second-order valence-corrected chi connectivity index (χ2v) is 6.88. The van der Waals surface area contributed by atoms with E-state index < -0.39 is 0 Å². The fourth-order valence-corrected chi connectivity index (χ4v) is 3.72. The van der Waals surface area contributed by atoms with Crippen LogP contribution in [-0.2, 0) is 35.5 Å². The van der Waals surface area contributed by atoms with Crippen molar-refractivity contribution in [1.29, 1.82) is 0 Å². The summed E-state index contributed by atoms with van der Waals surface area (Å²) in [5, 5.41) is 11.4. The number of hydrogen-bond donors (Lipinski definition) is 1. The maximum atomic E-state index is 12.4. The Morgan fingerprint density at radius 2 is 1.96 bits per heavy atom. The van der Waals surface area contributed by atoms with E-state index in [-0.39, 0.29) is 18.4 Å². The minimum Gasteiger partial charge on any atom is -0.347 e. The van der Waals surface area contributed by atoms with Crippen molar-refractivity contribution in [2.45, 2.75) is 51.6 Å². The number of anilines is 1.